The monoisotopic (exact) mass is 391 g/mol. The van der Waals surface area contributed by atoms with Crippen LogP contribution in [0.4, 0.5) is 5.69 Å². The van der Waals surface area contributed by atoms with E-state index in [9.17, 15) is 9.59 Å². The maximum atomic E-state index is 11.9. The van der Waals surface area contributed by atoms with Crippen molar-refractivity contribution in [2.45, 2.75) is 0 Å². The van der Waals surface area contributed by atoms with Gasteiger partial charge in [-0.2, -0.15) is 0 Å². The number of anilines is 1. The average Bonchev–Trinajstić information content (AvgIpc) is 2.82. The van der Waals surface area contributed by atoms with Crippen LogP contribution in [0.25, 0.3) is 0 Å². The van der Waals surface area contributed by atoms with Crippen molar-refractivity contribution in [3.05, 3.63) is 50.4 Å². The maximum Gasteiger partial charge on any atom is 0.338 e. The minimum atomic E-state index is -1.15. The molecule has 1 aromatic carbocycles. The highest BCUT2D eigenvalue weighted by atomic mass is 127. The fourth-order valence-electron chi connectivity index (χ4n) is 1.34. The van der Waals surface area contributed by atoms with E-state index in [0.29, 0.717) is 10.7 Å². The molecule has 2 N–H and O–H groups in total. The fourth-order valence-corrected chi connectivity index (χ4v) is 2.35. The molecule has 1 heterocycles. The van der Waals surface area contributed by atoms with Crippen LogP contribution in [0.1, 0.15) is 20.9 Å². The van der Waals surface area contributed by atoms with Crippen molar-refractivity contribution in [2.75, 3.05) is 5.32 Å². The summed E-state index contributed by atoms with van der Waals surface area (Å²) in [5.41, 5.74) is 0.499. The average molecular weight is 392 g/mol. The Labute approximate surface area is 126 Å². The van der Waals surface area contributed by atoms with Gasteiger partial charge in [-0.05, 0) is 40.8 Å². The number of hydrogen-bond donors (Lipinski definition) is 2. The fraction of sp³-hybridized carbons (Fsp3) is 0. The van der Waals surface area contributed by atoms with E-state index in [1.165, 1.54) is 6.07 Å². The Kier molecular flexibility index (Phi) is 4.11. The minimum Gasteiger partial charge on any atom is -0.478 e. The Balaban J connectivity index is 2.18. The molecule has 5 nitrogen and oxygen atoms in total. The summed E-state index contributed by atoms with van der Waals surface area (Å²) in [4.78, 5) is 22.5. The van der Waals surface area contributed by atoms with E-state index < -0.39 is 11.9 Å². The van der Waals surface area contributed by atoms with E-state index in [0.717, 1.165) is 9.83 Å². The summed E-state index contributed by atoms with van der Waals surface area (Å²) in [5.74, 6) is -1.74. The highest BCUT2D eigenvalue weighted by Crippen LogP contribution is 2.23. The number of rotatable bonds is 3. The Morgan fingerprint density at radius 3 is 2.63 bits per heavy atom. The van der Waals surface area contributed by atoms with Crippen LogP contribution in [0.3, 0.4) is 0 Å². The third-order valence-corrected chi connectivity index (χ3v) is 3.38. The summed E-state index contributed by atoms with van der Waals surface area (Å²) in [7, 11) is 0. The standard InChI is InChI=1S/C12H7ClINO4/c13-7-1-2-9(8(14)4-7)15-11(16)10-3-6(5-19-10)12(17)18/h1-5H,(H,15,16)(H,17,18). The third-order valence-electron chi connectivity index (χ3n) is 2.25. The molecular formula is C12H7ClINO4. The van der Waals surface area contributed by atoms with Gasteiger partial charge >= 0.3 is 5.97 Å². The van der Waals surface area contributed by atoms with Gasteiger partial charge in [0, 0.05) is 14.7 Å². The maximum absolute atomic E-state index is 11.9. The number of benzene rings is 1. The molecule has 1 aromatic heterocycles. The lowest BCUT2D eigenvalue weighted by molar-refractivity contribution is 0.0696. The lowest BCUT2D eigenvalue weighted by Crippen LogP contribution is -2.11. The summed E-state index contributed by atoms with van der Waals surface area (Å²) >= 11 is 7.84. The zero-order valence-corrected chi connectivity index (χ0v) is 12.2. The number of carbonyl (C=O) groups excluding carboxylic acids is 1. The van der Waals surface area contributed by atoms with Crippen molar-refractivity contribution >= 4 is 51.8 Å². The van der Waals surface area contributed by atoms with Crippen LogP contribution in [-0.4, -0.2) is 17.0 Å². The van der Waals surface area contributed by atoms with E-state index in [4.69, 9.17) is 21.1 Å². The summed E-state index contributed by atoms with van der Waals surface area (Å²) in [5, 5.41) is 11.9. The molecule has 0 saturated heterocycles. The first-order valence-corrected chi connectivity index (χ1v) is 6.51. The first-order chi connectivity index (χ1) is 8.97. The molecule has 0 aliphatic carbocycles. The molecule has 98 valence electrons. The smallest absolute Gasteiger partial charge is 0.338 e. The second kappa shape index (κ2) is 5.62. The van der Waals surface area contributed by atoms with Gasteiger partial charge in [0.05, 0.1) is 11.3 Å². The van der Waals surface area contributed by atoms with Gasteiger partial charge in [-0.15, -0.1) is 0 Å². The number of amides is 1. The normalized spacial score (nSPS) is 10.2. The Bertz CT molecular complexity index is 653. The van der Waals surface area contributed by atoms with Crippen molar-refractivity contribution in [3.63, 3.8) is 0 Å². The number of furan rings is 1. The molecule has 2 rings (SSSR count). The van der Waals surface area contributed by atoms with Crippen molar-refractivity contribution in [2.24, 2.45) is 0 Å². The van der Waals surface area contributed by atoms with Crippen LogP contribution in [-0.2, 0) is 0 Å². The number of hydrogen-bond acceptors (Lipinski definition) is 3. The number of nitrogens with one attached hydrogen (secondary N) is 1. The minimum absolute atomic E-state index is 0.0665. The number of carbonyl (C=O) groups is 2. The largest absolute Gasteiger partial charge is 0.478 e. The Morgan fingerprint density at radius 1 is 1.32 bits per heavy atom. The molecule has 0 unspecified atom stereocenters. The quantitative estimate of drug-likeness (QED) is 0.785. The summed E-state index contributed by atoms with van der Waals surface area (Å²) in [6.45, 7) is 0. The second-order valence-electron chi connectivity index (χ2n) is 3.58. The topological polar surface area (TPSA) is 79.5 Å². The molecule has 0 radical (unpaired) electrons. The molecule has 7 heteroatoms. The Hall–Kier alpha value is -1.54. The molecule has 0 aliphatic heterocycles. The van der Waals surface area contributed by atoms with Gasteiger partial charge < -0.3 is 14.8 Å². The first kappa shape index (κ1) is 13.9. The molecule has 0 fully saturated rings. The van der Waals surface area contributed by atoms with Crippen LogP contribution in [0.15, 0.2) is 34.9 Å². The second-order valence-corrected chi connectivity index (χ2v) is 5.18. The SMILES string of the molecule is O=C(O)c1coc(C(=O)Nc2ccc(Cl)cc2I)c1. The zero-order valence-electron chi connectivity index (χ0n) is 9.31. The highest BCUT2D eigenvalue weighted by molar-refractivity contribution is 14.1. The van der Waals surface area contributed by atoms with Crippen LogP contribution in [0.5, 0.6) is 0 Å². The van der Waals surface area contributed by atoms with Crippen molar-refractivity contribution in [1.82, 2.24) is 0 Å². The molecule has 19 heavy (non-hydrogen) atoms. The van der Waals surface area contributed by atoms with Gasteiger partial charge in [0.2, 0.25) is 0 Å². The molecular weight excluding hydrogens is 384 g/mol. The van der Waals surface area contributed by atoms with E-state index in [1.54, 1.807) is 18.2 Å². The lowest BCUT2D eigenvalue weighted by Gasteiger charge is -2.05. The van der Waals surface area contributed by atoms with Crippen molar-refractivity contribution < 1.29 is 19.1 Å². The van der Waals surface area contributed by atoms with E-state index >= 15 is 0 Å². The number of aromatic carboxylic acids is 1. The summed E-state index contributed by atoms with van der Waals surface area (Å²) in [6, 6.07) is 6.16. The third kappa shape index (κ3) is 3.27. The van der Waals surface area contributed by atoms with E-state index in [-0.39, 0.29) is 11.3 Å². The molecule has 0 aliphatic rings. The Morgan fingerprint density at radius 2 is 2.05 bits per heavy atom. The molecule has 0 spiro atoms. The van der Waals surface area contributed by atoms with Crippen LogP contribution in [0, 0.1) is 3.57 Å². The van der Waals surface area contributed by atoms with Crippen LogP contribution in [0.2, 0.25) is 5.02 Å². The lowest BCUT2D eigenvalue weighted by atomic mass is 10.3. The predicted molar refractivity (Wildman–Crippen MR) is 77.8 cm³/mol. The number of carboxylic acid groups (broad SMARTS) is 1. The van der Waals surface area contributed by atoms with Crippen molar-refractivity contribution in [3.8, 4) is 0 Å². The van der Waals surface area contributed by atoms with Gasteiger partial charge in [-0.3, -0.25) is 4.79 Å². The van der Waals surface area contributed by atoms with Gasteiger partial charge in [-0.1, -0.05) is 11.6 Å². The van der Waals surface area contributed by atoms with E-state index in [2.05, 4.69) is 5.32 Å². The molecule has 0 bridgehead atoms. The summed E-state index contributed by atoms with van der Waals surface area (Å²) < 4.78 is 5.67. The predicted octanol–water partition coefficient (Wildman–Crippen LogP) is 3.49. The molecule has 0 atom stereocenters. The first-order valence-electron chi connectivity index (χ1n) is 5.05. The van der Waals surface area contributed by atoms with E-state index in [1.807, 2.05) is 22.6 Å². The molecule has 2 aromatic rings. The molecule has 1 amide bonds. The van der Waals surface area contributed by atoms with Gasteiger partial charge in [0.1, 0.15) is 6.26 Å². The van der Waals surface area contributed by atoms with Crippen LogP contribution < -0.4 is 5.32 Å². The van der Waals surface area contributed by atoms with Crippen LogP contribution >= 0.6 is 34.2 Å². The van der Waals surface area contributed by atoms with Gasteiger partial charge in [-0.25, -0.2) is 4.79 Å². The van der Waals surface area contributed by atoms with Gasteiger partial charge in [0.15, 0.2) is 5.76 Å². The number of carboxylic acids is 1. The highest BCUT2D eigenvalue weighted by Gasteiger charge is 2.15. The summed E-state index contributed by atoms with van der Waals surface area (Å²) in [6.07, 6.45) is 1.02. The number of halogens is 2. The van der Waals surface area contributed by atoms with Gasteiger partial charge in [0.25, 0.3) is 5.91 Å². The van der Waals surface area contributed by atoms with Crippen molar-refractivity contribution in [1.29, 1.82) is 0 Å². The molecule has 0 saturated carbocycles. The zero-order chi connectivity index (χ0) is 14.0.